The van der Waals surface area contributed by atoms with Crippen LogP contribution in [0.4, 0.5) is 5.69 Å². The second-order valence-electron chi connectivity index (χ2n) is 4.34. The average Bonchev–Trinajstić information content (AvgIpc) is 2.71. The molecule has 0 spiro atoms. The molecule has 6 nitrogen and oxygen atoms in total. The third-order valence-corrected chi connectivity index (χ3v) is 3.74. The second kappa shape index (κ2) is 4.78. The lowest BCUT2D eigenvalue weighted by Crippen LogP contribution is -2.29. The maximum Gasteiger partial charge on any atom is 0.335 e. The van der Waals surface area contributed by atoms with Gasteiger partial charge in [0.1, 0.15) is 0 Å². The normalized spacial score (nSPS) is 13.5. The monoisotopic (exact) mass is 346 g/mol. The zero-order valence-corrected chi connectivity index (χ0v) is 12.0. The van der Waals surface area contributed by atoms with Gasteiger partial charge < -0.3 is 5.11 Å². The van der Waals surface area contributed by atoms with Crippen LogP contribution in [0.15, 0.2) is 41.1 Å². The van der Waals surface area contributed by atoms with Crippen molar-refractivity contribution in [2.24, 2.45) is 0 Å². The molecule has 2 amide bonds. The largest absolute Gasteiger partial charge is 0.478 e. The number of fused-ring (bicyclic) bond motifs is 1. The number of anilines is 1. The van der Waals surface area contributed by atoms with Crippen LogP contribution in [0.3, 0.4) is 0 Å². The molecule has 1 aromatic carbocycles. The lowest BCUT2D eigenvalue weighted by Gasteiger charge is -2.14. The summed E-state index contributed by atoms with van der Waals surface area (Å²) in [5, 5.41) is 8.97. The van der Waals surface area contributed by atoms with Crippen LogP contribution < -0.4 is 4.90 Å². The molecule has 0 unspecified atom stereocenters. The van der Waals surface area contributed by atoms with Crippen molar-refractivity contribution in [3.05, 3.63) is 57.8 Å². The molecule has 1 aliphatic rings. The molecule has 21 heavy (non-hydrogen) atoms. The Morgan fingerprint density at radius 3 is 2.52 bits per heavy atom. The van der Waals surface area contributed by atoms with E-state index < -0.39 is 17.8 Å². The molecule has 7 heteroatoms. The van der Waals surface area contributed by atoms with E-state index in [1.807, 2.05) is 0 Å². The van der Waals surface area contributed by atoms with Crippen LogP contribution in [-0.4, -0.2) is 27.9 Å². The number of nitrogens with zero attached hydrogens (tertiary/aromatic N) is 2. The van der Waals surface area contributed by atoms with Gasteiger partial charge in [0.2, 0.25) is 0 Å². The van der Waals surface area contributed by atoms with Gasteiger partial charge in [-0.05, 0) is 40.2 Å². The number of carboxylic acid groups (broad SMARTS) is 1. The van der Waals surface area contributed by atoms with Gasteiger partial charge in [0.05, 0.1) is 26.9 Å². The zero-order valence-electron chi connectivity index (χ0n) is 10.4. The molecule has 104 valence electrons. The van der Waals surface area contributed by atoms with E-state index in [0.717, 1.165) is 4.90 Å². The van der Waals surface area contributed by atoms with Gasteiger partial charge in [0, 0.05) is 12.4 Å². The number of halogens is 1. The Bertz CT molecular complexity index is 803. The molecule has 0 saturated carbocycles. The van der Waals surface area contributed by atoms with Gasteiger partial charge in [-0.15, -0.1) is 0 Å². The van der Waals surface area contributed by atoms with Crippen LogP contribution in [-0.2, 0) is 0 Å². The van der Waals surface area contributed by atoms with Crippen LogP contribution >= 0.6 is 15.9 Å². The van der Waals surface area contributed by atoms with E-state index in [4.69, 9.17) is 5.11 Å². The number of aromatic nitrogens is 1. The molecule has 0 aliphatic carbocycles. The van der Waals surface area contributed by atoms with Crippen LogP contribution in [0.25, 0.3) is 0 Å². The summed E-state index contributed by atoms with van der Waals surface area (Å²) in [6.07, 6.45) is 2.94. The van der Waals surface area contributed by atoms with E-state index in [2.05, 4.69) is 20.9 Å². The topological polar surface area (TPSA) is 87.6 Å². The van der Waals surface area contributed by atoms with Crippen molar-refractivity contribution in [3.8, 4) is 0 Å². The van der Waals surface area contributed by atoms with Gasteiger partial charge in [-0.25, -0.2) is 9.69 Å². The maximum absolute atomic E-state index is 12.4. The summed E-state index contributed by atoms with van der Waals surface area (Å²) in [5.74, 6) is -2.19. The minimum atomic E-state index is -1.15. The number of pyridine rings is 1. The Labute approximate surface area is 127 Å². The van der Waals surface area contributed by atoms with Crippen LogP contribution in [0.5, 0.6) is 0 Å². The highest BCUT2D eigenvalue weighted by Gasteiger charge is 2.37. The molecule has 0 atom stereocenters. The van der Waals surface area contributed by atoms with Crippen molar-refractivity contribution >= 4 is 39.4 Å². The lowest BCUT2D eigenvalue weighted by atomic mass is 10.1. The van der Waals surface area contributed by atoms with E-state index >= 15 is 0 Å². The molecule has 1 aromatic heterocycles. The minimum Gasteiger partial charge on any atom is -0.478 e. The maximum atomic E-state index is 12.4. The summed E-state index contributed by atoms with van der Waals surface area (Å²) in [6, 6.07) is 5.41. The zero-order chi connectivity index (χ0) is 15.1. The first-order valence-corrected chi connectivity index (χ1v) is 6.65. The van der Waals surface area contributed by atoms with Gasteiger partial charge in [0.15, 0.2) is 0 Å². The average molecular weight is 347 g/mol. The fourth-order valence-electron chi connectivity index (χ4n) is 2.14. The summed E-state index contributed by atoms with van der Waals surface area (Å²) < 4.78 is 0.498. The second-order valence-corrected chi connectivity index (χ2v) is 5.19. The molecular weight excluding hydrogens is 340 g/mol. The smallest absolute Gasteiger partial charge is 0.335 e. The molecule has 0 bridgehead atoms. The van der Waals surface area contributed by atoms with Crippen molar-refractivity contribution in [2.75, 3.05) is 4.90 Å². The quantitative estimate of drug-likeness (QED) is 0.843. The van der Waals surface area contributed by atoms with E-state index in [9.17, 15) is 14.4 Å². The summed E-state index contributed by atoms with van der Waals surface area (Å²) in [5.41, 5.74) is 0.607. The van der Waals surface area contributed by atoms with Crippen LogP contribution in [0.1, 0.15) is 31.1 Å². The lowest BCUT2D eigenvalue weighted by molar-refractivity contribution is 0.0696. The first-order valence-electron chi connectivity index (χ1n) is 5.86. The van der Waals surface area contributed by atoms with Crippen molar-refractivity contribution in [3.63, 3.8) is 0 Å². The van der Waals surface area contributed by atoms with Crippen LogP contribution in [0, 0.1) is 0 Å². The predicted octanol–water partition coefficient (Wildman–Crippen LogP) is 2.34. The number of rotatable bonds is 2. The molecule has 0 saturated heterocycles. The molecule has 3 rings (SSSR count). The number of hydrogen-bond acceptors (Lipinski definition) is 4. The number of aromatic carboxylic acids is 1. The number of amides is 2. The Morgan fingerprint density at radius 1 is 1.14 bits per heavy atom. The highest BCUT2D eigenvalue weighted by atomic mass is 79.9. The molecule has 0 radical (unpaired) electrons. The van der Waals surface area contributed by atoms with Crippen molar-refractivity contribution in [1.29, 1.82) is 0 Å². The van der Waals surface area contributed by atoms with Crippen molar-refractivity contribution in [1.82, 2.24) is 4.98 Å². The first-order chi connectivity index (χ1) is 10.0. The third-order valence-electron chi connectivity index (χ3n) is 3.13. The van der Waals surface area contributed by atoms with E-state index in [1.54, 1.807) is 0 Å². The van der Waals surface area contributed by atoms with Crippen LogP contribution in [0.2, 0.25) is 0 Å². The highest BCUT2D eigenvalue weighted by Crippen LogP contribution is 2.33. The Kier molecular flexibility index (Phi) is 3.06. The van der Waals surface area contributed by atoms with E-state index in [0.29, 0.717) is 10.2 Å². The summed E-state index contributed by atoms with van der Waals surface area (Å²) >= 11 is 3.24. The SMILES string of the molecule is O=C(O)c1ccc2c(c1)C(=O)N(c1ccncc1Br)C2=O. The molecule has 1 N–H and O–H groups in total. The fraction of sp³-hybridized carbons (Fsp3) is 0. The van der Waals surface area contributed by atoms with Gasteiger partial charge in [0.25, 0.3) is 11.8 Å². The Morgan fingerprint density at radius 2 is 1.86 bits per heavy atom. The standard InChI is InChI=1S/C14H7BrN2O4/c15-10-6-16-4-3-11(10)17-12(18)8-2-1-7(14(20)21)5-9(8)13(17)19/h1-6H,(H,20,21). The van der Waals surface area contributed by atoms with Gasteiger partial charge in [-0.3, -0.25) is 14.6 Å². The summed E-state index contributed by atoms with van der Waals surface area (Å²) in [4.78, 5) is 40.6. The van der Waals surface area contributed by atoms with E-state index in [1.165, 1.54) is 36.7 Å². The third kappa shape index (κ3) is 2.02. The van der Waals surface area contributed by atoms with Crippen molar-refractivity contribution in [2.45, 2.75) is 0 Å². The fourth-order valence-corrected chi connectivity index (χ4v) is 2.57. The number of carbonyl (C=O) groups is 3. The number of hydrogen-bond donors (Lipinski definition) is 1. The Hall–Kier alpha value is -2.54. The molecule has 0 fully saturated rings. The minimum absolute atomic E-state index is 0.0365. The van der Waals surface area contributed by atoms with Gasteiger partial charge in [-0.2, -0.15) is 0 Å². The van der Waals surface area contributed by atoms with Gasteiger partial charge >= 0.3 is 5.97 Å². The van der Waals surface area contributed by atoms with Crippen molar-refractivity contribution < 1.29 is 19.5 Å². The Balaban J connectivity index is 2.13. The number of carboxylic acids is 1. The predicted molar refractivity (Wildman–Crippen MR) is 76.5 cm³/mol. The number of carbonyl (C=O) groups excluding carboxylic acids is 2. The number of imide groups is 1. The summed E-state index contributed by atoms with van der Waals surface area (Å²) in [7, 11) is 0. The first kappa shape index (κ1) is 13.4. The highest BCUT2D eigenvalue weighted by molar-refractivity contribution is 9.10. The van der Waals surface area contributed by atoms with Gasteiger partial charge in [-0.1, -0.05) is 0 Å². The molecular formula is C14H7BrN2O4. The molecule has 2 aromatic rings. The number of benzene rings is 1. The molecule has 2 heterocycles. The molecule has 1 aliphatic heterocycles. The van der Waals surface area contributed by atoms with E-state index in [-0.39, 0.29) is 16.7 Å². The summed E-state index contributed by atoms with van der Waals surface area (Å²) in [6.45, 7) is 0.